The molecule has 0 radical (unpaired) electrons. The van der Waals surface area contributed by atoms with E-state index in [2.05, 4.69) is 35.0 Å². The fourth-order valence-corrected chi connectivity index (χ4v) is 9.09. The zero-order chi connectivity index (χ0) is 48.9. The highest BCUT2D eigenvalue weighted by Gasteiger charge is 2.39. The number of benzene rings is 2. The number of nitrogens with one attached hydrogen (secondary N) is 3. The summed E-state index contributed by atoms with van der Waals surface area (Å²) in [7, 11) is 1.87. The molecule has 0 unspecified atom stereocenters. The van der Waals surface area contributed by atoms with Crippen LogP contribution in [0.1, 0.15) is 103 Å². The SMILES string of the molecule is CC(=O)OC[C@@H](C)[C@@H](OC(C)=O)[C@H](C)[C@@H](OC(C)=O)C(=O)NCCOCCN(C)Cc1cccc(C(=O)Nc2sc3c(c2C(=O)N/N=C/c2ccc(Cl)c(C(F)(F)F)c2)CCC(C)(C)C3)c1. The smallest absolute Gasteiger partial charge is 0.417 e. The van der Waals surface area contributed by atoms with E-state index < -0.39 is 76.4 Å². The summed E-state index contributed by atoms with van der Waals surface area (Å²) in [4.78, 5) is 78.7. The second-order valence-electron chi connectivity index (χ2n) is 17.0. The van der Waals surface area contributed by atoms with Crippen molar-refractivity contribution >= 4 is 69.8 Å². The van der Waals surface area contributed by atoms with Gasteiger partial charge in [0.1, 0.15) is 11.1 Å². The number of carbonyl (C=O) groups is 6. The molecular weight excluding hydrogens is 907 g/mol. The highest BCUT2D eigenvalue weighted by Crippen LogP contribution is 2.44. The number of ether oxygens (including phenoxy) is 4. The van der Waals surface area contributed by atoms with Crippen molar-refractivity contribution in [3.05, 3.63) is 85.7 Å². The van der Waals surface area contributed by atoms with Gasteiger partial charge in [-0.15, -0.1) is 11.3 Å². The summed E-state index contributed by atoms with van der Waals surface area (Å²) in [6.45, 7) is 12.5. The van der Waals surface area contributed by atoms with Crippen LogP contribution in [0, 0.1) is 17.3 Å². The van der Waals surface area contributed by atoms with Crippen LogP contribution in [0.3, 0.4) is 0 Å². The average molecular weight is 965 g/mol. The predicted molar refractivity (Wildman–Crippen MR) is 242 cm³/mol. The maximum atomic E-state index is 13.7. The molecule has 0 fully saturated rings. The molecule has 66 heavy (non-hydrogen) atoms. The maximum absolute atomic E-state index is 13.7. The lowest BCUT2D eigenvalue weighted by molar-refractivity contribution is -0.169. The van der Waals surface area contributed by atoms with Gasteiger partial charge in [0.05, 0.1) is 42.2 Å². The summed E-state index contributed by atoms with van der Waals surface area (Å²) < 4.78 is 61.8. The Bertz CT molecular complexity index is 2270. The Labute approximate surface area is 391 Å². The number of likely N-dealkylation sites (N-methyl/N-ethyl adjacent to an activating group) is 1. The minimum atomic E-state index is -4.67. The van der Waals surface area contributed by atoms with Gasteiger partial charge in [-0.1, -0.05) is 57.5 Å². The molecule has 1 aliphatic rings. The highest BCUT2D eigenvalue weighted by molar-refractivity contribution is 7.17. The number of esters is 3. The molecule has 1 heterocycles. The third kappa shape index (κ3) is 15.9. The van der Waals surface area contributed by atoms with Crippen molar-refractivity contribution < 1.29 is 60.9 Å². The first-order chi connectivity index (χ1) is 30.9. The van der Waals surface area contributed by atoms with Gasteiger partial charge in [-0.25, -0.2) is 5.43 Å². The van der Waals surface area contributed by atoms with Crippen LogP contribution in [-0.2, 0) is 63.7 Å². The van der Waals surface area contributed by atoms with E-state index in [9.17, 15) is 41.9 Å². The van der Waals surface area contributed by atoms with Gasteiger partial charge in [0.2, 0.25) is 0 Å². The molecule has 15 nitrogen and oxygen atoms in total. The number of anilines is 1. The first kappa shape index (κ1) is 53.2. The number of rotatable bonds is 21. The van der Waals surface area contributed by atoms with Crippen LogP contribution < -0.4 is 16.1 Å². The van der Waals surface area contributed by atoms with Crippen LogP contribution >= 0.6 is 22.9 Å². The molecule has 0 spiro atoms. The third-order valence-electron chi connectivity index (χ3n) is 10.7. The molecule has 0 bridgehead atoms. The van der Waals surface area contributed by atoms with E-state index in [1.165, 1.54) is 31.3 Å². The van der Waals surface area contributed by atoms with Crippen LogP contribution in [0.15, 0.2) is 47.6 Å². The molecule has 0 saturated carbocycles. The largest absolute Gasteiger partial charge is 0.465 e. The number of thiophene rings is 1. The Morgan fingerprint density at radius 2 is 1.68 bits per heavy atom. The van der Waals surface area contributed by atoms with Gasteiger partial charge in [0.25, 0.3) is 17.7 Å². The molecule has 3 amide bonds. The molecule has 360 valence electrons. The predicted octanol–water partition coefficient (Wildman–Crippen LogP) is 7.21. The topological polar surface area (TPSA) is 191 Å². The number of nitrogens with zero attached hydrogens (tertiary/aromatic N) is 2. The standard InChI is InChI=1S/C46H57ClF3N5O10S/c1-26(25-63-28(3)56)39(64-29(4)57)27(2)40(65-30(5)58)43(61)51-16-18-62-19-17-55(8)24-32-10-9-11-33(20-32)41(59)53-44-38(34-14-15-45(6,7)22-37(34)66-44)42(60)54-52-23-31-12-13-36(47)35(21-31)46(48,49)50/h9-13,20-21,23,26-27,39-40H,14-19,22,24-25H2,1-8H3,(H,51,61)(H,53,59)(H,54,60)/b52-23+/t26-,27+,39-,40-/m1/s1. The molecule has 4 rings (SSSR count). The summed E-state index contributed by atoms with van der Waals surface area (Å²) in [5.74, 6) is -4.82. The number of hydrogen-bond donors (Lipinski definition) is 3. The van der Waals surface area contributed by atoms with Gasteiger partial charge in [0, 0.05) is 62.7 Å². The summed E-state index contributed by atoms with van der Waals surface area (Å²) in [5.41, 5.74) is 3.67. The molecule has 4 atom stereocenters. The number of fused-ring (bicyclic) bond motifs is 1. The lowest BCUT2D eigenvalue weighted by Gasteiger charge is -2.32. The molecule has 20 heteroatoms. The van der Waals surface area contributed by atoms with Crippen molar-refractivity contribution in [1.29, 1.82) is 0 Å². The molecule has 2 aromatic carbocycles. The molecule has 0 aliphatic heterocycles. The van der Waals surface area contributed by atoms with Gasteiger partial charge >= 0.3 is 24.1 Å². The summed E-state index contributed by atoms with van der Waals surface area (Å²) in [6, 6.07) is 10.3. The van der Waals surface area contributed by atoms with E-state index in [4.69, 9.17) is 30.5 Å². The van der Waals surface area contributed by atoms with Crippen LogP contribution in [-0.4, -0.2) is 98.9 Å². The van der Waals surface area contributed by atoms with Crippen LogP contribution in [0.4, 0.5) is 18.2 Å². The number of carbonyl (C=O) groups excluding carboxylic acids is 6. The Kier molecular flexibility index (Phi) is 19.3. The van der Waals surface area contributed by atoms with Crippen molar-refractivity contribution in [1.82, 2.24) is 15.6 Å². The first-order valence-electron chi connectivity index (χ1n) is 21.2. The van der Waals surface area contributed by atoms with Gasteiger partial charge in [-0.3, -0.25) is 33.7 Å². The van der Waals surface area contributed by atoms with E-state index in [-0.39, 0.29) is 36.3 Å². The lowest BCUT2D eigenvalue weighted by atomic mass is 9.77. The van der Waals surface area contributed by atoms with Gasteiger partial charge in [0.15, 0.2) is 6.10 Å². The minimum Gasteiger partial charge on any atom is -0.465 e. The van der Waals surface area contributed by atoms with Crippen molar-refractivity contribution in [3.63, 3.8) is 0 Å². The van der Waals surface area contributed by atoms with Crippen LogP contribution in [0.25, 0.3) is 0 Å². The fraction of sp³-hybridized carbons (Fsp3) is 0.500. The van der Waals surface area contributed by atoms with Crippen molar-refractivity contribution in [2.24, 2.45) is 22.4 Å². The maximum Gasteiger partial charge on any atom is 0.417 e. The lowest BCUT2D eigenvalue weighted by Crippen LogP contribution is -2.48. The Morgan fingerprint density at radius 3 is 2.35 bits per heavy atom. The summed E-state index contributed by atoms with van der Waals surface area (Å²) >= 11 is 7.05. The zero-order valence-corrected chi connectivity index (χ0v) is 39.8. The molecular formula is C46H57ClF3N5O10S. The average Bonchev–Trinajstić information content (AvgIpc) is 3.57. The molecule has 1 aromatic heterocycles. The molecule has 0 saturated heterocycles. The fourth-order valence-electron chi connectivity index (χ4n) is 7.37. The van der Waals surface area contributed by atoms with Crippen molar-refractivity contribution in [3.8, 4) is 0 Å². The molecule has 3 aromatic rings. The van der Waals surface area contributed by atoms with Gasteiger partial charge in [-0.2, -0.15) is 18.3 Å². The first-order valence-corrected chi connectivity index (χ1v) is 22.4. The summed E-state index contributed by atoms with van der Waals surface area (Å²) in [6.07, 6.45) is -3.73. The minimum absolute atomic E-state index is 0.0284. The van der Waals surface area contributed by atoms with Crippen molar-refractivity contribution in [2.75, 3.05) is 45.3 Å². The van der Waals surface area contributed by atoms with Crippen molar-refractivity contribution in [2.45, 2.75) is 92.7 Å². The van der Waals surface area contributed by atoms with Gasteiger partial charge in [-0.05, 0) is 72.7 Å². The summed E-state index contributed by atoms with van der Waals surface area (Å²) in [5, 5.41) is 9.42. The second-order valence-corrected chi connectivity index (χ2v) is 18.5. The molecule has 1 aliphatic carbocycles. The van der Waals surface area contributed by atoms with E-state index >= 15 is 0 Å². The third-order valence-corrected chi connectivity index (χ3v) is 12.2. The van der Waals surface area contributed by atoms with Crippen LogP contribution in [0.2, 0.25) is 5.02 Å². The normalized spacial score (nSPS) is 15.2. The Hall–Kier alpha value is -5.37. The van der Waals surface area contributed by atoms with Gasteiger partial charge < -0.3 is 29.6 Å². The number of amides is 3. The number of alkyl halides is 3. The highest BCUT2D eigenvalue weighted by atomic mass is 35.5. The number of hydrazone groups is 1. The van der Waals surface area contributed by atoms with E-state index in [0.717, 1.165) is 47.7 Å². The monoisotopic (exact) mass is 963 g/mol. The zero-order valence-electron chi connectivity index (χ0n) is 38.2. The van der Waals surface area contributed by atoms with E-state index in [1.54, 1.807) is 32.0 Å². The van der Waals surface area contributed by atoms with E-state index in [0.29, 0.717) is 43.1 Å². The molecule has 3 N–H and O–H groups in total. The quantitative estimate of drug-likeness (QED) is 0.0321. The second kappa shape index (κ2) is 23.9. The number of hydrogen-bond acceptors (Lipinski definition) is 13. The number of halogens is 4. The Morgan fingerprint density at radius 1 is 0.970 bits per heavy atom. The van der Waals surface area contributed by atoms with E-state index in [1.807, 2.05) is 18.0 Å². The van der Waals surface area contributed by atoms with Crippen LogP contribution in [0.5, 0.6) is 0 Å². The Balaban J connectivity index is 1.33.